The maximum Gasteiger partial charge on any atom is 0.260 e. The van der Waals surface area contributed by atoms with Gasteiger partial charge in [-0.25, -0.2) is 0 Å². The summed E-state index contributed by atoms with van der Waals surface area (Å²) in [7, 11) is 0. The Balaban J connectivity index is 1.52. The van der Waals surface area contributed by atoms with Crippen LogP contribution in [0.2, 0.25) is 0 Å². The largest absolute Gasteiger partial charge is 0.312 e. The van der Waals surface area contributed by atoms with E-state index >= 15 is 0 Å². The van der Waals surface area contributed by atoms with E-state index in [1.165, 1.54) is 0 Å². The molecule has 0 saturated carbocycles. The summed E-state index contributed by atoms with van der Waals surface area (Å²) in [4.78, 5) is 38.2. The van der Waals surface area contributed by atoms with Gasteiger partial charge >= 0.3 is 0 Å². The third-order valence-electron chi connectivity index (χ3n) is 4.56. The Morgan fingerprint density at radius 3 is 2.48 bits per heavy atom. The standard InChI is InChI=1S/C19H23N5O3/c1-12-4-6-16(7-5-12)23-10-15(9-18(23)26)19(27)21-20-17(25)11-24-14(3)8-13(2)22-24/h4-8,15H,9-11H2,1-3H3,(H,20,25)(H,21,27). The van der Waals surface area contributed by atoms with Crippen LogP contribution in [0.25, 0.3) is 0 Å². The molecule has 1 aromatic carbocycles. The maximum absolute atomic E-state index is 12.3. The van der Waals surface area contributed by atoms with Crippen molar-refractivity contribution in [3.63, 3.8) is 0 Å². The van der Waals surface area contributed by atoms with Gasteiger partial charge in [-0.05, 0) is 39.0 Å². The van der Waals surface area contributed by atoms with Gasteiger partial charge in [0.25, 0.3) is 5.91 Å². The summed E-state index contributed by atoms with van der Waals surface area (Å²) in [6, 6.07) is 9.45. The molecule has 2 N–H and O–H groups in total. The molecule has 3 amide bonds. The van der Waals surface area contributed by atoms with Crippen molar-refractivity contribution < 1.29 is 14.4 Å². The van der Waals surface area contributed by atoms with Crippen molar-refractivity contribution in [2.45, 2.75) is 33.7 Å². The third kappa shape index (κ3) is 4.33. The molecule has 8 nitrogen and oxygen atoms in total. The molecule has 1 aliphatic rings. The van der Waals surface area contributed by atoms with Crippen LogP contribution in [0.1, 0.15) is 23.4 Å². The molecule has 1 fully saturated rings. The van der Waals surface area contributed by atoms with Crippen molar-refractivity contribution in [1.82, 2.24) is 20.6 Å². The fourth-order valence-electron chi connectivity index (χ4n) is 3.10. The van der Waals surface area contributed by atoms with Gasteiger partial charge in [0.2, 0.25) is 11.8 Å². The summed E-state index contributed by atoms with van der Waals surface area (Å²) >= 11 is 0. The van der Waals surface area contributed by atoms with Gasteiger partial charge in [-0.15, -0.1) is 0 Å². The van der Waals surface area contributed by atoms with E-state index in [9.17, 15) is 14.4 Å². The zero-order valence-electron chi connectivity index (χ0n) is 15.7. The Labute approximate surface area is 157 Å². The molecule has 1 atom stereocenters. The molecule has 2 heterocycles. The molecule has 1 saturated heterocycles. The molecule has 1 aliphatic heterocycles. The summed E-state index contributed by atoms with van der Waals surface area (Å²) in [5.41, 5.74) is 8.37. The predicted molar refractivity (Wildman–Crippen MR) is 99.6 cm³/mol. The van der Waals surface area contributed by atoms with Crippen LogP contribution in [0.4, 0.5) is 5.69 Å². The van der Waals surface area contributed by atoms with E-state index in [4.69, 9.17) is 0 Å². The van der Waals surface area contributed by atoms with Crippen molar-refractivity contribution >= 4 is 23.4 Å². The van der Waals surface area contributed by atoms with E-state index in [1.54, 1.807) is 9.58 Å². The van der Waals surface area contributed by atoms with Gasteiger partial charge in [-0.2, -0.15) is 5.10 Å². The quantitative estimate of drug-likeness (QED) is 0.786. The van der Waals surface area contributed by atoms with E-state index in [2.05, 4.69) is 16.0 Å². The van der Waals surface area contributed by atoms with Gasteiger partial charge < -0.3 is 4.90 Å². The molecule has 0 spiro atoms. The van der Waals surface area contributed by atoms with Crippen LogP contribution in [0.5, 0.6) is 0 Å². The van der Waals surface area contributed by atoms with Crippen molar-refractivity contribution in [3.05, 3.63) is 47.3 Å². The van der Waals surface area contributed by atoms with Gasteiger partial charge in [0.1, 0.15) is 6.54 Å². The number of hydrogen-bond donors (Lipinski definition) is 2. The maximum atomic E-state index is 12.3. The van der Waals surface area contributed by atoms with Crippen LogP contribution in [-0.4, -0.2) is 34.0 Å². The lowest BCUT2D eigenvalue weighted by atomic mass is 10.1. The van der Waals surface area contributed by atoms with Crippen LogP contribution in [-0.2, 0) is 20.9 Å². The molecule has 0 bridgehead atoms. The summed E-state index contributed by atoms with van der Waals surface area (Å²) in [5.74, 6) is -1.37. The van der Waals surface area contributed by atoms with Crippen LogP contribution in [0.15, 0.2) is 30.3 Å². The molecule has 1 unspecified atom stereocenters. The van der Waals surface area contributed by atoms with Gasteiger partial charge in [-0.1, -0.05) is 17.7 Å². The highest BCUT2D eigenvalue weighted by atomic mass is 16.2. The third-order valence-corrected chi connectivity index (χ3v) is 4.56. The number of carbonyl (C=O) groups is 3. The second-order valence-electron chi connectivity index (χ2n) is 6.86. The molecule has 1 aromatic heterocycles. The highest BCUT2D eigenvalue weighted by Crippen LogP contribution is 2.25. The van der Waals surface area contributed by atoms with Gasteiger partial charge in [-0.3, -0.25) is 29.9 Å². The summed E-state index contributed by atoms with van der Waals surface area (Å²) in [6.07, 6.45) is 0.118. The smallest absolute Gasteiger partial charge is 0.260 e. The van der Waals surface area contributed by atoms with E-state index in [1.807, 2.05) is 51.1 Å². The molecule has 0 radical (unpaired) electrons. The Hall–Kier alpha value is -3.16. The molecule has 142 valence electrons. The summed E-state index contributed by atoms with van der Waals surface area (Å²) in [5, 5.41) is 4.21. The first kappa shape index (κ1) is 18.6. The lowest BCUT2D eigenvalue weighted by molar-refractivity contribution is -0.131. The van der Waals surface area contributed by atoms with Crippen molar-refractivity contribution in [1.29, 1.82) is 0 Å². The lowest BCUT2D eigenvalue weighted by Gasteiger charge is -2.17. The van der Waals surface area contributed by atoms with E-state index in [0.29, 0.717) is 6.54 Å². The zero-order valence-corrected chi connectivity index (χ0v) is 15.7. The average molecular weight is 369 g/mol. The summed E-state index contributed by atoms with van der Waals surface area (Å²) < 4.78 is 1.56. The minimum Gasteiger partial charge on any atom is -0.312 e. The topological polar surface area (TPSA) is 96.3 Å². The predicted octanol–water partition coefficient (Wildman–Crippen LogP) is 1.01. The first-order valence-corrected chi connectivity index (χ1v) is 8.80. The second-order valence-corrected chi connectivity index (χ2v) is 6.86. The minimum absolute atomic E-state index is 0.0129. The first-order valence-electron chi connectivity index (χ1n) is 8.80. The normalized spacial score (nSPS) is 16.5. The van der Waals surface area contributed by atoms with Crippen LogP contribution >= 0.6 is 0 Å². The molecule has 2 aromatic rings. The van der Waals surface area contributed by atoms with E-state index < -0.39 is 5.92 Å². The molecular formula is C19H23N5O3. The van der Waals surface area contributed by atoms with Crippen LogP contribution in [0.3, 0.4) is 0 Å². The number of benzene rings is 1. The highest BCUT2D eigenvalue weighted by Gasteiger charge is 2.35. The number of aromatic nitrogens is 2. The zero-order chi connectivity index (χ0) is 19.6. The second kappa shape index (κ2) is 7.61. The van der Waals surface area contributed by atoms with Gasteiger partial charge in [0.05, 0.1) is 11.6 Å². The Morgan fingerprint density at radius 2 is 1.85 bits per heavy atom. The van der Waals surface area contributed by atoms with Crippen LogP contribution in [0, 0.1) is 26.7 Å². The Morgan fingerprint density at radius 1 is 1.15 bits per heavy atom. The van der Waals surface area contributed by atoms with Gasteiger partial charge in [0.15, 0.2) is 0 Å². The minimum atomic E-state index is -0.507. The Bertz CT molecular complexity index is 872. The summed E-state index contributed by atoms with van der Waals surface area (Å²) in [6.45, 7) is 5.98. The van der Waals surface area contributed by atoms with Crippen molar-refractivity contribution in [2.24, 2.45) is 5.92 Å². The number of carbonyl (C=O) groups excluding carboxylic acids is 3. The fourth-order valence-corrected chi connectivity index (χ4v) is 3.10. The number of aryl methyl sites for hydroxylation is 3. The first-order chi connectivity index (χ1) is 12.8. The molecular weight excluding hydrogens is 346 g/mol. The number of hydrogen-bond acceptors (Lipinski definition) is 4. The van der Waals surface area contributed by atoms with Crippen molar-refractivity contribution in [3.8, 4) is 0 Å². The fraction of sp³-hybridized carbons (Fsp3) is 0.368. The van der Waals surface area contributed by atoms with Crippen molar-refractivity contribution in [2.75, 3.05) is 11.4 Å². The number of anilines is 1. The number of rotatable bonds is 4. The Kier molecular flexibility index (Phi) is 5.25. The van der Waals surface area contributed by atoms with Crippen LogP contribution < -0.4 is 15.8 Å². The van der Waals surface area contributed by atoms with E-state index in [0.717, 1.165) is 22.6 Å². The number of nitrogens with zero attached hydrogens (tertiary/aromatic N) is 3. The average Bonchev–Trinajstić information content (AvgIpc) is 3.15. The molecule has 27 heavy (non-hydrogen) atoms. The highest BCUT2D eigenvalue weighted by molar-refractivity contribution is 6.00. The lowest BCUT2D eigenvalue weighted by Crippen LogP contribution is -2.46. The van der Waals surface area contributed by atoms with Gasteiger partial charge in [0, 0.05) is 24.3 Å². The number of amides is 3. The monoisotopic (exact) mass is 369 g/mol. The SMILES string of the molecule is Cc1ccc(N2CC(C(=O)NNC(=O)Cn3nc(C)cc3C)CC2=O)cc1. The van der Waals surface area contributed by atoms with E-state index in [-0.39, 0.29) is 30.7 Å². The number of hydrazine groups is 1. The number of nitrogens with one attached hydrogen (secondary N) is 2. The molecule has 3 rings (SSSR count). The molecule has 0 aliphatic carbocycles. The molecule has 8 heteroatoms.